The van der Waals surface area contributed by atoms with E-state index in [1.165, 1.54) is 18.4 Å². The molecule has 0 aliphatic heterocycles. The smallest absolute Gasteiger partial charge is 0.224 e. The Labute approximate surface area is 138 Å². The number of sulfone groups is 1. The third-order valence-corrected chi connectivity index (χ3v) is 6.02. The predicted molar refractivity (Wildman–Crippen MR) is 91.9 cm³/mol. The van der Waals surface area contributed by atoms with Gasteiger partial charge in [-0.1, -0.05) is 30.7 Å². The van der Waals surface area contributed by atoms with Crippen LogP contribution in [0.3, 0.4) is 0 Å². The van der Waals surface area contributed by atoms with Crippen molar-refractivity contribution >= 4 is 15.7 Å². The van der Waals surface area contributed by atoms with E-state index in [-0.39, 0.29) is 17.7 Å². The van der Waals surface area contributed by atoms with Crippen LogP contribution < -0.4 is 5.32 Å². The molecule has 0 aromatic heterocycles. The summed E-state index contributed by atoms with van der Waals surface area (Å²) in [7, 11) is -3.18. The van der Waals surface area contributed by atoms with E-state index in [1.807, 2.05) is 6.92 Å². The molecule has 1 N–H and O–H groups in total. The fourth-order valence-electron chi connectivity index (χ4n) is 2.78. The Balaban J connectivity index is 1.96. The molecule has 0 spiro atoms. The SMILES string of the molecule is CCS(=O)(=O)c1ccc([C@@H](C)NC(=O)CC2=CCCCC2)cc1. The number of benzene rings is 1. The Kier molecular flexibility index (Phi) is 5.99. The van der Waals surface area contributed by atoms with Crippen LogP contribution in [0.4, 0.5) is 0 Å². The van der Waals surface area contributed by atoms with Gasteiger partial charge in [-0.05, 0) is 50.3 Å². The molecule has 0 saturated carbocycles. The molecular formula is C18H25NO3S. The quantitative estimate of drug-likeness (QED) is 0.809. The minimum atomic E-state index is -3.18. The van der Waals surface area contributed by atoms with Crippen LogP contribution in [-0.4, -0.2) is 20.1 Å². The number of nitrogens with one attached hydrogen (secondary N) is 1. The molecule has 0 fully saturated rings. The Bertz CT molecular complexity index is 675. The summed E-state index contributed by atoms with van der Waals surface area (Å²) >= 11 is 0. The van der Waals surface area contributed by atoms with Gasteiger partial charge in [0.2, 0.25) is 5.91 Å². The topological polar surface area (TPSA) is 63.2 Å². The Morgan fingerprint density at radius 3 is 2.48 bits per heavy atom. The zero-order valence-electron chi connectivity index (χ0n) is 13.8. The van der Waals surface area contributed by atoms with Crippen LogP contribution in [0, 0.1) is 0 Å². The van der Waals surface area contributed by atoms with E-state index in [0.29, 0.717) is 11.3 Å². The van der Waals surface area contributed by atoms with Gasteiger partial charge >= 0.3 is 0 Å². The third-order valence-electron chi connectivity index (χ3n) is 4.27. The van der Waals surface area contributed by atoms with Crippen molar-refractivity contribution in [1.82, 2.24) is 5.32 Å². The largest absolute Gasteiger partial charge is 0.349 e. The van der Waals surface area contributed by atoms with Crippen LogP contribution in [0.5, 0.6) is 0 Å². The second kappa shape index (κ2) is 7.77. The van der Waals surface area contributed by atoms with Crippen LogP contribution in [0.25, 0.3) is 0 Å². The lowest BCUT2D eigenvalue weighted by molar-refractivity contribution is -0.121. The maximum Gasteiger partial charge on any atom is 0.224 e. The highest BCUT2D eigenvalue weighted by Gasteiger charge is 2.15. The average Bonchev–Trinajstić information content (AvgIpc) is 2.55. The van der Waals surface area contributed by atoms with Gasteiger partial charge in [-0.3, -0.25) is 4.79 Å². The number of hydrogen-bond acceptors (Lipinski definition) is 3. The van der Waals surface area contributed by atoms with Gasteiger partial charge in [-0.15, -0.1) is 0 Å². The second-order valence-corrected chi connectivity index (χ2v) is 8.32. The zero-order valence-corrected chi connectivity index (χ0v) is 14.7. The minimum absolute atomic E-state index is 0.0240. The third kappa shape index (κ3) is 4.93. The van der Waals surface area contributed by atoms with Gasteiger partial charge in [0.25, 0.3) is 0 Å². The molecule has 126 valence electrons. The highest BCUT2D eigenvalue weighted by Crippen LogP contribution is 2.21. The molecular weight excluding hydrogens is 310 g/mol. The van der Waals surface area contributed by atoms with Crippen LogP contribution in [0.15, 0.2) is 40.8 Å². The summed E-state index contributed by atoms with van der Waals surface area (Å²) in [4.78, 5) is 12.4. The van der Waals surface area contributed by atoms with Crippen molar-refractivity contribution in [2.75, 3.05) is 5.75 Å². The summed E-state index contributed by atoms with van der Waals surface area (Å²) < 4.78 is 23.6. The lowest BCUT2D eigenvalue weighted by Crippen LogP contribution is -2.27. The molecule has 1 aromatic carbocycles. The van der Waals surface area contributed by atoms with E-state index in [0.717, 1.165) is 18.4 Å². The van der Waals surface area contributed by atoms with Crippen molar-refractivity contribution < 1.29 is 13.2 Å². The van der Waals surface area contributed by atoms with Gasteiger partial charge in [0.05, 0.1) is 16.7 Å². The van der Waals surface area contributed by atoms with Crippen molar-refractivity contribution in [2.45, 2.75) is 56.9 Å². The van der Waals surface area contributed by atoms with Crippen LogP contribution in [0.1, 0.15) is 57.6 Å². The van der Waals surface area contributed by atoms with Gasteiger partial charge in [-0.25, -0.2) is 8.42 Å². The molecule has 1 atom stereocenters. The summed E-state index contributed by atoms with van der Waals surface area (Å²) in [6.07, 6.45) is 7.12. The van der Waals surface area contributed by atoms with E-state index in [4.69, 9.17) is 0 Å². The monoisotopic (exact) mass is 335 g/mol. The first-order valence-electron chi connectivity index (χ1n) is 8.22. The summed E-state index contributed by atoms with van der Waals surface area (Å²) in [5.74, 6) is 0.115. The Hall–Kier alpha value is -1.62. The first-order valence-corrected chi connectivity index (χ1v) is 9.87. The Morgan fingerprint density at radius 2 is 1.91 bits per heavy atom. The molecule has 1 amide bonds. The van der Waals surface area contributed by atoms with E-state index in [1.54, 1.807) is 31.2 Å². The molecule has 5 heteroatoms. The first-order chi connectivity index (χ1) is 10.9. The van der Waals surface area contributed by atoms with Crippen molar-refractivity contribution in [1.29, 1.82) is 0 Å². The number of rotatable bonds is 6. The molecule has 23 heavy (non-hydrogen) atoms. The van der Waals surface area contributed by atoms with Crippen molar-refractivity contribution in [3.8, 4) is 0 Å². The lowest BCUT2D eigenvalue weighted by Gasteiger charge is -2.17. The van der Waals surface area contributed by atoms with E-state index in [9.17, 15) is 13.2 Å². The maximum absolute atomic E-state index is 12.1. The molecule has 0 saturated heterocycles. The minimum Gasteiger partial charge on any atom is -0.349 e. The normalized spacial score (nSPS) is 16.5. The summed E-state index contributed by atoms with van der Waals surface area (Å²) in [6.45, 7) is 3.54. The molecule has 1 aromatic rings. The van der Waals surface area contributed by atoms with Crippen molar-refractivity contribution in [2.24, 2.45) is 0 Å². The van der Waals surface area contributed by atoms with Crippen molar-refractivity contribution in [3.63, 3.8) is 0 Å². The Morgan fingerprint density at radius 1 is 1.22 bits per heavy atom. The number of carbonyl (C=O) groups excluding carboxylic acids is 1. The second-order valence-electron chi connectivity index (χ2n) is 6.05. The fourth-order valence-corrected chi connectivity index (χ4v) is 3.66. The first kappa shape index (κ1) is 17.7. The summed E-state index contributed by atoms with van der Waals surface area (Å²) in [5, 5.41) is 2.99. The standard InChI is InChI=1S/C18H25NO3S/c1-3-23(21,22)17-11-9-16(10-12-17)14(2)19-18(20)13-15-7-5-4-6-8-15/h7,9-12,14H,3-6,8,13H2,1-2H3,(H,19,20)/t14-/m1/s1. The highest BCUT2D eigenvalue weighted by molar-refractivity contribution is 7.91. The summed E-state index contributed by atoms with van der Waals surface area (Å²) in [6, 6.07) is 6.63. The van der Waals surface area contributed by atoms with Gasteiger partial charge in [-0.2, -0.15) is 0 Å². The number of carbonyl (C=O) groups is 1. The molecule has 0 bridgehead atoms. The predicted octanol–water partition coefficient (Wildman–Crippen LogP) is 3.55. The molecule has 1 aliphatic carbocycles. The molecule has 0 radical (unpaired) electrons. The summed E-state index contributed by atoms with van der Waals surface area (Å²) in [5.41, 5.74) is 2.14. The molecule has 4 nitrogen and oxygen atoms in total. The fraction of sp³-hybridized carbons (Fsp3) is 0.500. The van der Waals surface area contributed by atoms with Gasteiger partial charge < -0.3 is 5.32 Å². The number of allylic oxidation sites excluding steroid dienone is 1. The number of amides is 1. The van der Waals surface area contributed by atoms with Crippen molar-refractivity contribution in [3.05, 3.63) is 41.5 Å². The van der Waals surface area contributed by atoms with Gasteiger partial charge in [0, 0.05) is 6.42 Å². The molecule has 2 rings (SSSR count). The molecule has 0 heterocycles. The molecule has 1 aliphatic rings. The van der Waals surface area contributed by atoms with Crippen LogP contribution in [0.2, 0.25) is 0 Å². The zero-order chi connectivity index (χ0) is 16.9. The van der Waals surface area contributed by atoms with Gasteiger partial charge in [0.15, 0.2) is 9.84 Å². The van der Waals surface area contributed by atoms with Crippen LogP contribution >= 0.6 is 0 Å². The van der Waals surface area contributed by atoms with E-state index < -0.39 is 9.84 Å². The number of hydrogen-bond donors (Lipinski definition) is 1. The van der Waals surface area contributed by atoms with Crippen LogP contribution in [-0.2, 0) is 14.6 Å². The average molecular weight is 335 g/mol. The highest BCUT2D eigenvalue weighted by atomic mass is 32.2. The van der Waals surface area contributed by atoms with E-state index >= 15 is 0 Å². The lowest BCUT2D eigenvalue weighted by atomic mass is 9.97. The van der Waals surface area contributed by atoms with Gasteiger partial charge in [0.1, 0.15) is 0 Å². The molecule has 0 unspecified atom stereocenters. The van der Waals surface area contributed by atoms with E-state index in [2.05, 4.69) is 11.4 Å². The maximum atomic E-state index is 12.1.